The predicted molar refractivity (Wildman–Crippen MR) is 61.8 cm³/mol. The Morgan fingerprint density at radius 2 is 1.83 bits per heavy atom. The van der Waals surface area contributed by atoms with E-state index in [9.17, 15) is 19.8 Å². The minimum atomic E-state index is -1.33. The van der Waals surface area contributed by atoms with Crippen LogP contribution in [0.3, 0.4) is 0 Å². The number of rotatable bonds is 3. The maximum atomic E-state index is 10.9. The zero-order valence-corrected chi connectivity index (χ0v) is 11.5. The lowest BCUT2D eigenvalue weighted by Gasteiger charge is -2.39. The highest BCUT2D eigenvalue weighted by atomic mass is 79.9. The third-order valence-electron chi connectivity index (χ3n) is 2.38. The Hall–Kier alpha value is -0.700. The molecule has 104 valence electrons. The maximum absolute atomic E-state index is 10.9. The van der Waals surface area contributed by atoms with E-state index < -0.39 is 41.4 Å². The molecule has 1 heterocycles. The van der Waals surface area contributed by atoms with E-state index in [-0.39, 0.29) is 6.61 Å². The first-order chi connectivity index (χ1) is 8.32. The van der Waals surface area contributed by atoms with Gasteiger partial charge in [-0.2, -0.15) is 0 Å². The van der Waals surface area contributed by atoms with E-state index in [1.807, 2.05) is 0 Å². The number of ether oxygens (including phenoxy) is 3. The molecule has 0 aromatic rings. The van der Waals surface area contributed by atoms with Crippen molar-refractivity contribution in [1.82, 2.24) is 0 Å². The quantitative estimate of drug-likeness (QED) is 0.523. The number of alkyl halides is 1. The summed E-state index contributed by atoms with van der Waals surface area (Å²) < 4.78 is 14.9. The standard InChI is InChI=1S/C10H15BrO7/c1-4(12)16-3-6-9(17-5(2)13)7(14)8(15)10(11)18-6/h6-10,14-15H,3H2,1-2H3/t6?,7-,8?,9+,10+/m1/s1. The molecule has 1 aliphatic rings. The van der Waals surface area contributed by atoms with Crippen LogP contribution in [-0.2, 0) is 23.8 Å². The SMILES string of the molecule is CC(=O)OCC1O[C@H](Br)C(O)[C@@H](O)[C@H]1OC(C)=O. The monoisotopic (exact) mass is 326 g/mol. The van der Waals surface area contributed by atoms with Crippen molar-refractivity contribution in [3.8, 4) is 0 Å². The molecular weight excluding hydrogens is 312 g/mol. The lowest BCUT2D eigenvalue weighted by atomic mass is 10.0. The number of esters is 2. The van der Waals surface area contributed by atoms with Gasteiger partial charge in [0, 0.05) is 13.8 Å². The number of carbonyl (C=O) groups excluding carboxylic acids is 2. The summed E-state index contributed by atoms with van der Waals surface area (Å²) in [7, 11) is 0. The molecule has 0 aromatic carbocycles. The van der Waals surface area contributed by atoms with Crippen molar-refractivity contribution in [3.63, 3.8) is 0 Å². The number of carbonyl (C=O) groups is 2. The number of aliphatic hydroxyl groups excluding tert-OH is 2. The van der Waals surface area contributed by atoms with Crippen molar-refractivity contribution in [2.45, 2.75) is 43.3 Å². The van der Waals surface area contributed by atoms with Crippen molar-refractivity contribution >= 4 is 27.9 Å². The van der Waals surface area contributed by atoms with Gasteiger partial charge in [0.25, 0.3) is 0 Å². The molecule has 0 saturated carbocycles. The summed E-state index contributed by atoms with van der Waals surface area (Å²) in [5, 5.41) is 18.6. The molecular formula is C10H15BrO7. The van der Waals surface area contributed by atoms with Crippen molar-refractivity contribution in [3.05, 3.63) is 0 Å². The molecule has 7 nitrogen and oxygen atoms in total. The Bertz CT molecular complexity index is 321. The molecule has 0 bridgehead atoms. The summed E-state index contributed by atoms with van der Waals surface area (Å²) in [6.07, 6.45) is -4.51. The minimum Gasteiger partial charge on any atom is -0.463 e. The molecule has 2 unspecified atom stereocenters. The van der Waals surface area contributed by atoms with E-state index >= 15 is 0 Å². The molecule has 18 heavy (non-hydrogen) atoms. The first kappa shape index (κ1) is 15.4. The Balaban J connectivity index is 2.75. The van der Waals surface area contributed by atoms with Gasteiger partial charge in [-0.3, -0.25) is 9.59 Å². The zero-order valence-electron chi connectivity index (χ0n) is 9.91. The van der Waals surface area contributed by atoms with E-state index in [4.69, 9.17) is 14.2 Å². The van der Waals surface area contributed by atoms with Gasteiger partial charge >= 0.3 is 11.9 Å². The van der Waals surface area contributed by atoms with Gasteiger partial charge in [-0.25, -0.2) is 0 Å². The summed E-state index contributed by atoms with van der Waals surface area (Å²) in [5.74, 6) is -1.15. The van der Waals surface area contributed by atoms with E-state index in [0.717, 1.165) is 0 Å². The van der Waals surface area contributed by atoms with Crippen LogP contribution in [0.5, 0.6) is 0 Å². The molecule has 0 aromatic heterocycles. The van der Waals surface area contributed by atoms with Crippen LogP contribution in [0.1, 0.15) is 13.8 Å². The summed E-state index contributed by atoms with van der Waals surface area (Å²) in [6.45, 7) is 2.21. The Labute approximate surface area is 112 Å². The molecule has 1 aliphatic heterocycles. The average Bonchev–Trinajstić information content (AvgIpc) is 2.27. The normalized spacial score (nSPS) is 35.9. The summed E-state index contributed by atoms with van der Waals surface area (Å²) in [5.41, 5.74) is 0. The van der Waals surface area contributed by atoms with Crippen LogP contribution < -0.4 is 0 Å². The predicted octanol–water partition coefficient (Wildman–Crippen LogP) is -0.677. The van der Waals surface area contributed by atoms with Gasteiger partial charge in [0.2, 0.25) is 0 Å². The summed E-state index contributed by atoms with van der Waals surface area (Å²) >= 11 is 3.02. The molecule has 0 spiro atoms. The molecule has 8 heteroatoms. The highest BCUT2D eigenvalue weighted by Gasteiger charge is 2.45. The minimum absolute atomic E-state index is 0.181. The van der Waals surface area contributed by atoms with Gasteiger partial charge in [0.15, 0.2) is 6.10 Å². The molecule has 1 saturated heterocycles. The average molecular weight is 327 g/mol. The van der Waals surface area contributed by atoms with Gasteiger partial charge < -0.3 is 24.4 Å². The second-order valence-electron chi connectivity index (χ2n) is 3.88. The van der Waals surface area contributed by atoms with Crippen LogP contribution in [0.25, 0.3) is 0 Å². The fraction of sp³-hybridized carbons (Fsp3) is 0.800. The second kappa shape index (κ2) is 6.46. The second-order valence-corrected chi connectivity index (χ2v) is 4.79. The number of hydrogen-bond acceptors (Lipinski definition) is 7. The fourth-order valence-electron chi connectivity index (χ4n) is 1.57. The third-order valence-corrected chi connectivity index (χ3v) is 3.14. The Morgan fingerprint density at radius 3 is 2.33 bits per heavy atom. The van der Waals surface area contributed by atoms with E-state index in [1.165, 1.54) is 13.8 Å². The lowest BCUT2D eigenvalue weighted by molar-refractivity contribution is -0.221. The topological polar surface area (TPSA) is 102 Å². The fourth-order valence-corrected chi connectivity index (χ4v) is 2.15. The number of halogens is 1. The van der Waals surface area contributed by atoms with E-state index in [0.29, 0.717) is 0 Å². The number of hydrogen-bond donors (Lipinski definition) is 2. The Morgan fingerprint density at radius 1 is 1.22 bits per heavy atom. The highest BCUT2D eigenvalue weighted by Crippen LogP contribution is 2.27. The third kappa shape index (κ3) is 3.91. The van der Waals surface area contributed by atoms with Crippen LogP contribution in [0.4, 0.5) is 0 Å². The first-order valence-electron chi connectivity index (χ1n) is 5.29. The van der Waals surface area contributed by atoms with Crippen LogP contribution in [-0.4, -0.2) is 58.2 Å². The zero-order chi connectivity index (χ0) is 13.9. The van der Waals surface area contributed by atoms with Crippen LogP contribution in [0.2, 0.25) is 0 Å². The first-order valence-corrected chi connectivity index (χ1v) is 6.20. The smallest absolute Gasteiger partial charge is 0.303 e. The molecule has 1 rings (SSSR count). The number of aliphatic hydroxyl groups is 2. The molecule has 5 atom stereocenters. The summed E-state index contributed by atoms with van der Waals surface area (Å²) in [6, 6.07) is 0. The van der Waals surface area contributed by atoms with Crippen molar-refractivity contribution in [2.24, 2.45) is 0 Å². The van der Waals surface area contributed by atoms with E-state index in [1.54, 1.807) is 0 Å². The van der Waals surface area contributed by atoms with Gasteiger partial charge in [-0.15, -0.1) is 0 Å². The van der Waals surface area contributed by atoms with Crippen LogP contribution in [0, 0.1) is 0 Å². The van der Waals surface area contributed by atoms with Crippen molar-refractivity contribution in [2.75, 3.05) is 6.61 Å². The van der Waals surface area contributed by atoms with E-state index in [2.05, 4.69) is 15.9 Å². The molecule has 2 N–H and O–H groups in total. The molecule has 1 fully saturated rings. The largest absolute Gasteiger partial charge is 0.463 e. The molecule has 0 amide bonds. The van der Waals surface area contributed by atoms with Gasteiger partial charge in [-0.05, 0) is 0 Å². The molecule has 0 aliphatic carbocycles. The van der Waals surface area contributed by atoms with Crippen LogP contribution >= 0.6 is 15.9 Å². The Kier molecular flexibility index (Phi) is 5.51. The maximum Gasteiger partial charge on any atom is 0.303 e. The van der Waals surface area contributed by atoms with Gasteiger partial charge in [0.05, 0.1) is 0 Å². The van der Waals surface area contributed by atoms with Gasteiger partial charge in [0.1, 0.15) is 29.9 Å². The summed E-state index contributed by atoms with van der Waals surface area (Å²) in [4.78, 5) is 21.7. The van der Waals surface area contributed by atoms with Gasteiger partial charge in [-0.1, -0.05) is 15.9 Å². The van der Waals surface area contributed by atoms with Crippen molar-refractivity contribution in [1.29, 1.82) is 0 Å². The van der Waals surface area contributed by atoms with Crippen LogP contribution in [0.15, 0.2) is 0 Å². The molecule has 0 radical (unpaired) electrons. The lowest BCUT2D eigenvalue weighted by Crippen LogP contribution is -2.58. The highest BCUT2D eigenvalue weighted by molar-refractivity contribution is 9.09. The van der Waals surface area contributed by atoms with Crippen molar-refractivity contribution < 1.29 is 34.0 Å².